The lowest BCUT2D eigenvalue weighted by atomic mass is 9.88. The number of carbonyl (C=O) groups excluding carboxylic acids is 1. The number of rotatable bonds is 13. The summed E-state index contributed by atoms with van der Waals surface area (Å²) >= 11 is 0. The zero-order chi connectivity index (χ0) is 28.5. The molecule has 208 valence electrons. The molecule has 39 heavy (non-hydrogen) atoms. The van der Waals surface area contributed by atoms with Gasteiger partial charge in [-0.3, -0.25) is 4.79 Å². The van der Waals surface area contributed by atoms with E-state index in [-0.39, 0.29) is 29.6 Å². The van der Waals surface area contributed by atoms with E-state index in [1.807, 2.05) is 45.1 Å². The van der Waals surface area contributed by atoms with Crippen molar-refractivity contribution < 1.29 is 28.2 Å². The number of benzene rings is 1. The fraction of sp³-hybridized carbons (Fsp3) is 0.375. The van der Waals surface area contributed by atoms with Crippen molar-refractivity contribution in [1.29, 1.82) is 0 Å². The van der Waals surface area contributed by atoms with Crippen LogP contribution in [-0.2, 0) is 9.53 Å². The summed E-state index contributed by atoms with van der Waals surface area (Å²) < 4.78 is 31.4. The summed E-state index contributed by atoms with van der Waals surface area (Å²) in [5.74, 6) is -0.896. The number of allylic oxidation sites excluding steroid dienone is 9. The molecule has 0 bridgehead atoms. The number of nitrogens with one attached hydrogen (secondary N) is 1. The molecule has 0 aromatic heterocycles. The highest BCUT2D eigenvalue weighted by Gasteiger charge is 2.31. The summed E-state index contributed by atoms with van der Waals surface area (Å²) in [7, 11) is 0. The Balaban J connectivity index is 1.97. The minimum Gasteiger partial charge on any atom is -0.478 e. The third-order valence-electron chi connectivity index (χ3n) is 7.08. The van der Waals surface area contributed by atoms with Gasteiger partial charge in [-0.25, -0.2) is 4.79 Å². The number of carbonyl (C=O) groups is 2. The van der Waals surface area contributed by atoms with Crippen LogP contribution in [0.3, 0.4) is 0 Å². The highest BCUT2D eigenvalue weighted by atomic mass is 19.3. The Bertz CT molecular complexity index is 1230. The molecule has 1 aromatic carbocycles. The summed E-state index contributed by atoms with van der Waals surface area (Å²) in [6, 6.07) is 6.09. The van der Waals surface area contributed by atoms with Gasteiger partial charge >= 0.3 is 12.6 Å². The van der Waals surface area contributed by atoms with Gasteiger partial charge < -0.3 is 15.2 Å². The van der Waals surface area contributed by atoms with Gasteiger partial charge in [-0.05, 0) is 74.1 Å². The number of alkyl halides is 2. The molecular weight excluding hydrogens is 500 g/mol. The first-order valence-corrected chi connectivity index (χ1v) is 13.3. The number of ether oxygens (including phenoxy) is 1. The van der Waals surface area contributed by atoms with Crippen LogP contribution in [0.2, 0.25) is 0 Å². The highest BCUT2D eigenvalue weighted by Crippen LogP contribution is 2.39. The maximum Gasteiger partial charge on any atom is 0.387 e. The molecule has 3 rings (SSSR count). The Morgan fingerprint density at radius 1 is 1.15 bits per heavy atom. The molecule has 0 aliphatic heterocycles. The monoisotopic (exact) mass is 537 g/mol. The molecule has 1 fully saturated rings. The molecule has 1 atom stereocenters. The molecule has 2 aliphatic carbocycles. The van der Waals surface area contributed by atoms with Crippen LogP contribution in [0.5, 0.6) is 0 Å². The van der Waals surface area contributed by atoms with Crippen molar-refractivity contribution in [3.63, 3.8) is 0 Å². The largest absolute Gasteiger partial charge is 0.478 e. The van der Waals surface area contributed by atoms with E-state index in [0.717, 1.165) is 36.0 Å². The van der Waals surface area contributed by atoms with Gasteiger partial charge in [0.1, 0.15) is 5.76 Å². The quantitative estimate of drug-likeness (QED) is 0.248. The summed E-state index contributed by atoms with van der Waals surface area (Å²) in [5.41, 5.74) is 4.75. The van der Waals surface area contributed by atoms with Crippen LogP contribution < -0.4 is 5.32 Å². The van der Waals surface area contributed by atoms with Gasteiger partial charge in [0, 0.05) is 17.7 Å². The normalized spacial score (nSPS) is 17.3. The molecule has 1 unspecified atom stereocenters. The van der Waals surface area contributed by atoms with Gasteiger partial charge in [0.15, 0.2) is 0 Å². The summed E-state index contributed by atoms with van der Waals surface area (Å²) in [6.45, 7) is 6.88. The van der Waals surface area contributed by atoms with Crippen LogP contribution >= 0.6 is 0 Å². The van der Waals surface area contributed by atoms with E-state index < -0.39 is 12.6 Å². The van der Waals surface area contributed by atoms with Crippen LogP contribution in [0.15, 0.2) is 94.8 Å². The van der Waals surface area contributed by atoms with Gasteiger partial charge in [-0.2, -0.15) is 8.78 Å². The van der Waals surface area contributed by atoms with Crippen LogP contribution in [0.1, 0.15) is 69.7 Å². The van der Waals surface area contributed by atoms with Crippen LogP contribution in [0.4, 0.5) is 14.5 Å². The SMILES string of the molecule is C=C/C(=C\C=C(/CCC)C(CC1CC1)C(=O)Nc1ccc(C(=O)O)cc1)C1=C(OC(F)F)CC=C(C)C(C)=C1. The van der Waals surface area contributed by atoms with Crippen molar-refractivity contribution in [1.82, 2.24) is 0 Å². The number of hydrogen-bond acceptors (Lipinski definition) is 3. The lowest BCUT2D eigenvalue weighted by Crippen LogP contribution is -2.25. The van der Waals surface area contributed by atoms with Gasteiger partial charge in [-0.15, -0.1) is 0 Å². The molecule has 0 radical (unpaired) electrons. The zero-order valence-corrected chi connectivity index (χ0v) is 22.8. The minimum absolute atomic E-state index is 0.147. The summed E-state index contributed by atoms with van der Waals surface area (Å²) in [4.78, 5) is 24.6. The molecule has 2 N–H and O–H groups in total. The van der Waals surface area contributed by atoms with E-state index in [4.69, 9.17) is 9.84 Å². The molecule has 0 spiro atoms. The van der Waals surface area contributed by atoms with Crippen molar-refractivity contribution >= 4 is 17.6 Å². The Labute approximate surface area is 229 Å². The van der Waals surface area contributed by atoms with Crippen molar-refractivity contribution in [2.75, 3.05) is 5.32 Å². The average molecular weight is 538 g/mol. The van der Waals surface area contributed by atoms with E-state index in [9.17, 15) is 18.4 Å². The lowest BCUT2D eigenvalue weighted by molar-refractivity contribution is -0.119. The average Bonchev–Trinajstić information content (AvgIpc) is 3.73. The van der Waals surface area contributed by atoms with Crippen molar-refractivity contribution in [3.05, 3.63) is 100 Å². The first-order chi connectivity index (χ1) is 18.6. The van der Waals surface area contributed by atoms with Crippen molar-refractivity contribution in [2.24, 2.45) is 11.8 Å². The molecule has 0 heterocycles. The molecular formula is C32H37F2NO4. The van der Waals surface area contributed by atoms with E-state index in [1.54, 1.807) is 18.2 Å². The Kier molecular flexibility index (Phi) is 10.6. The summed E-state index contributed by atoms with van der Waals surface area (Å²) in [6.07, 6.45) is 13.7. The minimum atomic E-state index is -2.94. The number of hydrogen-bond donors (Lipinski definition) is 2. The fourth-order valence-corrected chi connectivity index (χ4v) is 4.56. The van der Waals surface area contributed by atoms with Gasteiger partial charge in [0.05, 0.1) is 11.5 Å². The highest BCUT2D eigenvalue weighted by molar-refractivity contribution is 5.95. The number of amides is 1. The van der Waals surface area contributed by atoms with Crippen LogP contribution in [0.25, 0.3) is 0 Å². The fourth-order valence-electron chi connectivity index (χ4n) is 4.56. The Morgan fingerprint density at radius 2 is 1.85 bits per heavy atom. The Hall–Kier alpha value is -3.74. The van der Waals surface area contributed by atoms with Crippen LogP contribution in [0, 0.1) is 11.8 Å². The van der Waals surface area contributed by atoms with Crippen LogP contribution in [-0.4, -0.2) is 23.6 Å². The topological polar surface area (TPSA) is 75.6 Å². The third-order valence-corrected chi connectivity index (χ3v) is 7.08. The predicted molar refractivity (Wildman–Crippen MR) is 150 cm³/mol. The standard InChI is InChI=1S/C32H37F2NO4/c1-5-7-24(12-11-23(6-2)27-18-21(4)20(3)8-17-29(27)39-32(33)34)28(19-22-9-10-22)30(36)35-26-15-13-25(14-16-26)31(37)38/h6,8,11-16,18,22,28,32H,2,5,7,9-10,17,19H2,1,3-4H3,(H,35,36)(H,37,38)/b23-11+,24-12+. The third kappa shape index (κ3) is 8.63. The molecule has 0 saturated heterocycles. The second kappa shape index (κ2) is 13.9. The second-order valence-electron chi connectivity index (χ2n) is 10.1. The van der Waals surface area contributed by atoms with E-state index in [0.29, 0.717) is 35.6 Å². The smallest absolute Gasteiger partial charge is 0.387 e. The van der Waals surface area contributed by atoms with Gasteiger partial charge in [-0.1, -0.05) is 68.2 Å². The number of anilines is 1. The first kappa shape index (κ1) is 29.8. The van der Waals surface area contributed by atoms with E-state index in [2.05, 4.69) is 11.9 Å². The second-order valence-corrected chi connectivity index (χ2v) is 10.1. The number of halogens is 2. The first-order valence-electron chi connectivity index (χ1n) is 13.3. The predicted octanol–water partition coefficient (Wildman–Crippen LogP) is 8.37. The maximum absolute atomic E-state index is 13.5. The van der Waals surface area contributed by atoms with Gasteiger partial charge in [0.2, 0.25) is 5.91 Å². The lowest BCUT2D eigenvalue weighted by Gasteiger charge is -2.20. The maximum atomic E-state index is 13.5. The molecule has 5 nitrogen and oxygen atoms in total. The van der Waals surface area contributed by atoms with E-state index in [1.165, 1.54) is 12.1 Å². The summed E-state index contributed by atoms with van der Waals surface area (Å²) in [5, 5.41) is 12.1. The molecule has 2 aliphatic rings. The van der Waals surface area contributed by atoms with Crippen molar-refractivity contribution in [2.45, 2.75) is 65.9 Å². The molecule has 7 heteroatoms. The molecule has 1 saturated carbocycles. The number of aromatic carboxylic acids is 1. The zero-order valence-electron chi connectivity index (χ0n) is 22.8. The molecule has 1 aromatic rings. The van der Waals surface area contributed by atoms with Gasteiger partial charge in [0.25, 0.3) is 0 Å². The number of carboxylic acid groups (broad SMARTS) is 1. The van der Waals surface area contributed by atoms with Crippen molar-refractivity contribution in [3.8, 4) is 0 Å². The Morgan fingerprint density at radius 3 is 2.41 bits per heavy atom. The van der Waals surface area contributed by atoms with E-state index >= 15 is 0 Å². The molecule has 1 amide bonds. The number of carboxylic acids is 1.